The van der Waals surface area contributed by atoms with Crippen molar-refractivity contribution < 1.29 is 9.32 Å². The third-order valence-electron chi connectivity index (χ3n) is 5.53. The van der Waals surface area contributed by atoms with Crippen molar-refractivity contribution in [3.8, 4) is 11.4 Å². The first kappa shape index (κ1) is 18.4. The summed E-state index contributed by atoms with van der Waals surface area (Å²) in [6, 6.07) is 12.4. The standard InChI is InChI=1S/C23H25N3O2/c1-14-6-8-18(17(4)11-14)13-26-20(9-10-21(26)27)23-24-22(25-28-23)19-12-15(2)5-7-16(19)3/h5-8,11-12,20H,9-10,13H2,1-4H3. The number of hydrogen-bond donors (Lipinski definition) is 0. The third-order valence-corrected chi connectivity index (χ3v) is 5.53. The van der Waals surface area contributed by atoms with Gasteiger partial charge in [0.05, 0.1) is 0 Å². The minimum absolute atomic E-state index is 0.136. The van der Waals surface area contributed by atoms with Gasteiger partial charge in [-0.25, -0.2) is 0 Å². The molecule has 1 aliphatic heterocycles. The second-order valence-corrected chi connectivity index (χ2v) is 7.78. The summed E-state index contributed by atoms with van der Waals surface area (Å²) in [6.07, 6.45) is 1.22. The van der Waals surface area contributed by atoms with Crippen LogP contribution in [-0.4, -0.2) is 20.9 Å². The van der Waals surface area contributed by atoms with Gasteiger partial charge < -0.3 is 9.42 Å². The predicted molar refractivity (Wildman–Crippen MR) is 108 cm³/mol. The van der Waals surface area contributed by atoms with Crippen LogP contribution < -0.4 is 0 Å². The molecule has 0 spiro atoms. The Bertz CT molecular complexity index is 1040. The molecule has 2 heterocycles. The fraction of sp³-hybridized carbons (Fsp3) is 0.348. The van der Waals surface area contributed by atoms with Crippen LogP contribution in [0, 0.1) is 27.7 Å². The zero-order chi connectivity index (χ0) is 19.8. The number of aryl methyl sites for hydroxylation is 4. The van der Waals surface area contributed by atoms with E-state index in [4.69, 9.17) is 4.52 Å². The Balaban J connectivity index is 1.62. The lowest BCUT2D eigenvalue weighted by molar-refractivity contribution is -0.130. The topological polar surface area (TPSA) is 59.2 Å². The number of rotatable bonds is 4. The second-order valence-electron chi connectivity index (χ2n) is 7.78. The van der Waals surface area contributed by atoms with E-state index in [1.165, 1.54) is 11.1 Å². The molecule has 1 aliphatic rings. The van der Waals surface area contributed by atoms with Crippen LogP contribution in [0.2, 0.25) is 0 Å². The fourth-order valence-corrected chi connectivity index (χ4v) is 3.85. The quantitative estimate of drug-likeness (QED) is 0.655. The largest absolute Gasteiger partial charge is 0.337 e. The molecule has 1 aromatic heterocycles. The Morgan fingerprint density at radius 1 is 1.04 bits per heavy atom. The predicted octanol–water partition coefficient (Wildman–Crippen LogP) is 4.83. The normalized spacial score (nSPS) is 16.8. The third kappa shape index (κ3) is 3.44. The van der Waals surface area contributed by atoms with Gasteiger partial charge in [-0.3, -0.25) is 4.79 Å². The minimum Gasteiger partial charge on any atom is -0.337 e. The molecule has 0 saturated carbocycles. The summed E-state index contributed by atoms with van der Waals surface area (Å²) in [5, 5.41) is 4.20. The molecule has 1 fully saturated rings. The van der Waals surface area contributed by atoms with Crippen molar-refractivity contribution in [2.45, 2.75) is 53.1 Å². The molecule has 1 unspecified atom stereocenters. The minimum atomic E-state index is -0.167. The van der Waals surface area contributed by atoms with Crippen LogP contribution in [0.1, 0.15) is 52.6 Å². The van der Waals surface area contributed by atoms with Gasteiger partial charge in [-0.2, -0.15) is 4.98 Å². The van der Waals surface area contributed by atoms with E-state index >= 15 is 0 Å². The average molecular weight is 375 g/mol. The SMILES string of the molecule is Cc1ccc(CN2C(=O)CCC2c2nc(-c3cc(C)ccc3C)no2)c(C)c1. The highest BCUT2D eigenvalue weighted by Crippen LogP contribution is 2.35. The van der Waals surface area contributed by atoms with E-state index < -0.39 is 0 Å². The van der Waals surface area contributed by atoms with Gasteiger partial charge in [0.15, 0.2) is 0 Å². The van der Waals surface area contributed by atoms with Crippen molar-refractivity contribution in [2.75, 3.05) is 0 Å². The van der Waals surface area contributed by atoms with E-state index in [0.29, 0.717) is 31.1 Å². The van der Waals surface area contributed by atoms with Crippen LogP contribution in [0.5, 0.6) is 0 Å². The Labute approximate surface area is 165 Å². The number of hydrogen-bond acceptors (Lipinski definition) is 4. The Kier molecular flexibility index (Phi) is 4.75. The molecule has 0 aliphatic carbocycles. The summed E-state index contributed by atoms with van der Waals surface area (Å²) in [7, 11) is 0. The first-order valence-electron chi connectivity index (χ1n) is 9.69. The number of likely N-dealkylation sites (tertiary alicyclic amines) is 1. The highest BCUT2D eigenvalue weighted by Gasteiger charge is 2.36. The number of aromatic nitrogens is 2. The molecule has 3 aromatic rings. The van der Waals surface area contributed by atoms with Gasteiger partial charge in [0, 0.05) is 18.5 Å². The molecule has 1 saturated heterocycles. The number of amides is 1. The highest BCUT2D eigenvalue weighted by molar-refractivity contribution is 5.79. The molecule has 0 N–H and O–H groups in total. The molecule has 0 radical (unpaired) electrons. The lowest BCUT2D eigenvalue weighted by Gasteiger charge is -2.23. The molecule has 5 heteroatoms. The van der Waals surface area contributed by atoms with Crippen molar-refractivity contribution in [3.05, 3.63) is 70.1 Å². The first-order chi connectivity index (χ1) is 13.4. The smallest absolute Gasteiger partial charge is 0.249 e. The summed E-state index contributed by atoms with van der Waals surface area (Å²) in [4.78, 5) is 19.1. The second kappa shape index (κ2) is 7.23. The first-order valence-corrected chi connectivity index (χ1v) is 9.69. The van der Waals surface area contributed by atoms with Gasteiger partial charge in [-0.15, -0.1) is 0 Å². The summed E-state index contributed by atoms with van der Waals surface area (Å²) >= 11 is 0. The Hall–Kier alpha value is -2.95. The summed E-state index contributed by atoms with van der Waals surface area (Å²) in [6.45, 7) is 8.81. The van der Waals surface area contributed by atoms with Crippen molar-refractivity contribution in [1.82, 2.24) is 15.0 Å². The molecule has 5 nitrogen and oxygen atoms in total. The van der Waals surface area contributed by atoms with E-state index in [2.05, 4.69) is 60.4 Å². The molecule has 28 heavy (non-hydrogen) atoms. The fourth-order valence-electron chi connectivity index (χ4n) is 3.85. The van der Waals surface area contributed by atoms with Gasteiger partial charge in [-0.1, -0.05) is 46.6 Å². The van der Waals surface area contributed by atoms with Crippen molar-refractivity contribution >= 4 is 5.91 Å². The van der Waals surface area contributed by atoms with Gasteiger partial charge in [-0.05, 0) is 56.9 Å². The summed E-state index contributed by atoms with van der Waals surface area (Å²) in [5.41, 5.74) is 6.80. The van der Waals surface area contributed by atoms with Crippen LogP contribution in [0.4, 0.5) is 0 Å². The lowest BCUT2D eigenvalue weighted by Crippen LogP contribution is -2.27. The lowest BCUT2D eigenvalue weighted by atomic mass is 10.0. The highest BCUT2D eigenvalue weighted by atomic mass is 16.5. The Morgan fingerprint density at radius 3 is 2.57 bits per heavy atom. The van der Waals surface area contributed by atoms with Crippen LogP contribution in [0.15, 0.2) is 40.9 Å². The maximum absolute atomic E-state index is 12.6. The molecular formula is C23H25N3O2. The van der Waals surface area contributed by atoms with E-state index in [-0.39, 0.29) is 11.9 Å². The van der Waals surface area contributed by atoms with Crippen LogP contribution in [0.3, 0.4) is 0 Å². The molecule has 1 atom stereocenters. The van der Waals surface area contributed by atoms with E-state index in [1.807, 2.05) is 18.7 Å². The van der Waals surface area contributed by atoms with Gasteiger partial charge in [0.1, 0.15) is 6.04 Å². The summed E-state index contributed by atoms with van der Waals surface area (Å²) in [5.74, 6) is 1.24. The number of carbonyl (C=O) groups is 1. The van der Waals surface area contributed by atoms with Crippen LogP contribution in [-0.2, 0) is 11.3 Å². The maximum atomic E-state index is 12.6. The summed E-state index contributed by atoms with van der Waals surface area (Å²) < 4.78 is 5.61. The van der Waals surface area contributed by atoms with Crippen LogP contribution >= 0.6 is 0 Å². The van der Waals surface area contributed by atoms with E-state index in [0.717, 1.165) is 22.3 Å². The van der Waals surface area contributed by atoms with Crippen molar-refractivity contribution in [1.29, 1.82) is 0 Å². The average Bonchev–Trinajstić information content (AvgIpc) is 3.27. The van der Waals surface area contributed by atoms with Crippen molar-refractivity contribution in [3.63, 3.8) is 0 Å². The number of benzene rings is 2. The van der Waals surface area contributed by atoms with E-state index in [9.17, 15) is 4.79 Å². The number of nitrogens with zero attached hydrogens (tertiary/aromatic N) is 3. The Morgan fingerprint density at radius 2 is 1.79 bits per heavy atom. The van der Waals surface area contributed by atoms with Crippen LogP contribution in [0.25, 0.3) is 11.4 Å². The van der Waals surface area contributed by atoms with Gasteiger partial charge in [0.25, 0.3) is 0 Å². The molecule has 4 rings (SSSR count). The zero-order valence-electron chi connectivity index (χ0n) is 16.8. The molecular weight excluding hydrogens is 350 g/mol. The van der Waals surface area contributed by atoms with Crippen molar-refractivity contribution in [2.24, 2.45) is 0 Å². The maximum Gasteiger partial charge on any atom is 0.249 e. The molecule has 0 bridgehead atoms. The van der Waals surface area contributed by atoms with E-state index in [1.54, 1.807) is 0 Å². The molecule has 2 aromatic carbocycles. The molecule has 144 valence electrons. The monoisotopic (exact) mass is 375 g/mol. The van der Waals surface area contributed by atoms with Gasteiger partial charge in [0.2, 0.25) is 17.6 Å². The van der Waals surface area contributed by atoms with Gasteiger partial charge >= 0.3 is 0 Å². The molecule has 1 amide bonds. The number of carbonyl (C=O) groups excluding carboxylic acids is 1. The zero-order valence-corrected chi connectivity index (χ0v) is 16.8.